The molecule has 12 heavy (non-hydrogen) atoms. The molecule has 0 aromatic carbocycles. The number of rotatable bonds is 3. The Balaban J connectivity index is 2.73. The van der Waals surface area contributed by atoms with Crippen molar-refractivity contribution < 1.29 is 0 Å². The molecule has 2 N–H and O–H groups in total. The van der Waals surface area contributed by atoms with Crippen LogP contribution in [0.2, 0.25) is 0 Å². The molecule has 4 heteroatoms. The molecule has 0 unspecified atom stereocenters. The highest BCUT2D eigenvalue weighted by Crippen LogP contribution is 2.08. The Labute approximate surface area is 72.4 Å². The molecule has 0 aliphatic heterocycles. The van der Waals surface area contributed by atoms with Crippen LogP contribution in [0.5, 0.6) is 0 Å². The van der Waals surface area contributed by atoms with Gasteiger partial charge >= 0.3 is 0 Å². The predicted octanol–water partition coefficient (Wildman–Crippen LogP) is 0.905. The van der Waals surface area contributed by atoms with Crippen molar-refractivity contribution in [3.05, 3.63) is 12.3 Å². The molecule has 66 valence electrons. The van der Waals surface area contributed by atoms with Crippen molar-refractivity contribution in [1.82, 2.24) is 9.97 Å². The third kappa shape index (κ3) is 2.08. The third-order valence-corrected chi connectivity index (χ3v) is 1.61. The average Bonchev–Trinajstić information content (AvgIpc) is 2.05. The molecule has 0 bridgehead atoms. The first-order valence-electron chi connectivity index (χ1n) is 4.03. The van der Waals surface area contributed by atoms with E-state index >= 15 is 0 Å². The van der Waals surface area contributed by atoms with Crippen LogP contribution in [-0.4, -0.2) is 23.6 Å². The van der Waals surface area contributed by atoms with Crippen molar-refractivity contribution in [1.29, 1.82) is 0 Å². The Hall–Kier alpha value is -1.32. The minimum absolute atomic E-state index is 0.329. The maximum Gasteiger partial charge on any atom is 0.221 e. The smallest absolute Gasteiger partial charge is 0.221 e. The number of nitrogens with zero attached hydrogens (tertiary/aromatic N) is 3. The van der Waals surface area contributed by atoms with Crippen LogP contribution in [0.1, 0.15) is 13.3 Å². The van der Waals surface area contributed by atoms with Crippen LogP contribution in [0, 0.1) is 0 Å². The summed E-state index contributed by atoms with van der Waals surface area (Å²) in [7, 11) is 1.99. The molecule has 1 aromatic heterocycles. The van der Waals surface area contributed by atoms with Crippen molar-refractivity contribution >= 4 is 11.8 Å². The van der Waals surface area contributed by atoms with Gasteiger partial charge in [-0.15, -0.1) is 0 Å². The summed E-state index contributed by atoms with van der Waals surface area (Å²) < 4.78 is 0. The monoisotopic (exact) mass is 166 g/mol. The lowest BCUT2D eigenvalue weighted by molar-refractivity contribution is 0.836. The number of hydrogen-bond acceptors (Lipinski definition) is 4. The van der Waals surface area contributed by atoms with Crippen molar-refractivity contribution in [2.24, 2.45) is 0 Å². The first kappa shape index (κ1) is 8.77. The normalized spacial score (nSPS) is 9.83. The number of hydrogen-bond donors (Lipinski definition) is 1. The number of aromatic nitrogens is 2. The molecule has 0 amide bonds. The van der Waals surface area contributed by atoms with Gasteiger partial charge in [0, 0.05) is 19.8 Å². The Kier molecular flexibility index (Phi) is 2.85. The molecule has 1 aromatic rings. The van der Waals surface area contributed by atoms with Gasteiger partial charge in [0.1, 0.15) is 5.82 Å². The SMILES string of the molecule is CCCN(C)c1ccnc(N)n1. The Morgan fingerprint density at radius 2 is 2.33 bits per heavy atom. The summed E-state index contributed by atoms with van der Waals surface area (Å²) in [6.07, 6.45) is 2.77. The predicted molar refractivity (Wildman–Crippen MR) is 50.0 cm³/mol. The molecule has 0 fully saturated rings. The topological polar surface area (TPSA) is 55.0 Å². The number of anilines is 2. The van der Waals surface area contributed by atoms with Gasteiger partial charge in [0.05, 0.1) is 0 Å². The van der Waals surface area contributed by atoms with Crippen molar-refractivity contribution in [3.8, 4) is 0 Å². The maximum atomic E-state index is 5.44. The first-order valence-corrected chi connectivity index (χ1v) is 4.03. The van der Waals surface area contributed by atoms with E-state index in [1.165, 1.54) is 0 Å². The summed E-state index contributed by atoms with van der Waals surface area (Å²) >= 11 is 0. The zero-order valence-electron chi connectivity index (χ0n) is 7.49. The summed E-state index contributed by atoms with van der Waals surface area (Å²) in [5, 5.41) is 0. The zero-order valence-corrected chi connectivity index (χ0v) is 7.49. The van der Waals surface area contributed by atoms with E-state index < -0.39 is 0 Å². The van der Waals surface area contributed by atoms with Gasteiger partial charge in [-0.25, -0.2) is 4.98 Å². The standard InChI is InChI=1S/C8H14N4/c1-3-6-12(2)7-4-5-10-8(9)11-7/h4-5H,3,6H2,1-2H3,(H2,9,10,11). The van der Waals surface area contributed by atoms with Gasteiger partial charge in [0.15, 0.2) is 0 Å². The highest BCUT2D eigenvalue weighted by molar-refractivity contribution is 5.39. The lowest BCUT2D eigenvalue weighted by atomic mass is 10.4. The van der Waals surface area contributed by atoms with Gasteiger partial charge in [-0.1, -0.05) is 6.92 Å². The van der Waals surface area contributed by atoms with Gasteiger partial charge in [-0.3, -0.25) is 0 Å². The van der Waals surface area contributed by atoms with Crippen LogP contribution in [0.15, 0.2) is 12.3 Å². The van der Waals surface area contributed by atoms with Gasteiger partial charge in [-0.05, 0) is 12.5 Å². The van der Waals surface area contributed by atoms with Crippen LogP contribution in [0.3, 0.4) is 0 Å². The van der Waals surface area contributed by atoms with Crippen molar-refractivity contribution in [3.63, 3.8) is 0 Å². The lowest BCUT2D eigenvalue weighted by Crippen LogP contribution is -2.19. The largest absolute Gasteiger partial charge is 0.368 e. The summed E-state index contributed by atoms with van der Waals surface area (Å²) in [6.45, 7) is 3.11. The molecule has 4 nitrogen and oxygen atoms in total. The van der Waals surface area contributed by atoms with E-state index in [0.29, 0.717) is 5.95 Å². The van der Waals surface area contributed by atoms with Gasteiger partial charge < -0.3 is 10.6 Å². The lowest BCUT2D eigenvalue weighted by Gasteiger charge is -2.16. The first-order chi connectivity index (χ1) is 5.74. The Morgan fingerprint density at radius 1 is 1.58 bits per heavy atom. The van der Waals surface area contributed by atoms with E-state index in [-0.39, 0.29) is 0 Å². The molecular formula is C8H14N4. The fraction of sp³-hybridized carbons (Fsp3) is 0.500. The fourth-order valence-corrected chi connectivity index (χ4v) is 1.03. The van der Waals surface area contributed by atoms with Crippen LogP contribution in [0.25, 0.3) is 0 Å². The molecule has 0 spiro atoms. The van der Waals surface area contributed by atoms with E-state index in [2.05, 4.69) is 21.8 Å². The number of nitrogens with two attached hydrogens (primary N) is 1. The minimum Gasteiger partial charge on any atom is -0.368 e. The highest BCUT2D eigenvalue weighted by Gasteiger charge is 2.00. The van der Waals surface area contributed by atoms with E-state index in [1.54, 1.807) is 6.20 Å². The van der Waals surface area contributed by atoms with Crippen molar-refractivity contribution in [2.75, 3.05) is 24.2 Å². The molecule has 0 aliphatic carbocycles. The quantitative estimate of drug-likeness (QED) is 0.725. The van der Waals surface area contributed by atoms with Crippen LogP contribution >= 0.6 is 0 Å². The zero-order chi connectivity index (χ0) is 8.97. The molecule has 0 aliphatic rings. The second-order valence-electron chi connectivity index (χ2n) is 2.69. The van der Waals surface area contributed by atoms with Crippen LogP contribution < -0.4 is 10.6 Å². The van der Waals surface area contributed by atoms with Crippen molar-refractivity contribution in [2.45, 2.75) is 13.3 Å². The molecule has 1 heterocycles. The van der Waals surface area contributed by atoms with Gasteiger partial charge in [0.25, 0.3) is 0 Å². The maximum absolute atomic E-state index is 5.44. The van der Waals surface area contributed by atoms with Gasteiger partial charge in [-0.2, -0.15) is 4.98 Å². The molecule has 0 atom stereocenters. The minimum atomic E-state index is 0.329. The van der Waals surface area contributed by atoms with Crippen LogP contribution in [-0.2, 0) is 0 Å². The second kappa shape index (κ2) is 3.90. The highest BCUT2D eigenvalue weighted by atomic mass is 15.2. The van der Waals surface area contributed by atoms with Gasteiger partial charge in [0.2, 0.25) is 5.95 Å². The van der Waals surface area contributed by atoms with E-state index in [1.807, 2.05) is 13.1 Å². The summed E-state index contributed by atoms with van der Waals surface area (Å²) in [4.78, 5) is 9.96. The third-order valence-electron chi connectivity index (χ3n) is 1.61. The van der Waals surface area contributed by atoms with E-state index in [9.17, 15) is 0 Å². The molecule has 0 saturated heterocycles. The fourth-order valence-electron chi connectivity index (χ4n) is 1.03. The van der Waals surface area contributed by atoms with E-state index in [4.69, 9.17) is 5.73 Å². The Morgan fingerprint density at radius 3 is 2.92 bits per heavy atom. The number of nitrogen functional groups attached to an aromatic ring is 1. The molecule has 0 saturated carbocycles. The Bertz CT molecular complexity index is 249. The molecular weight excluding hydrogens is 152 g/mol. The average molecular weight is 166 g/mol. The summed E-state index contributed by atoms with van der Waals surface area (Å²) in [6, 6.07) is 1.85. The van der Waals surface area contributed by atoms with Crippen LogP contribution in [0.4, 0.5) is 11.8 Å². The second-order valence-corrected chi connectivity index (χ2v) is 2.69. The molecule has 1 rings (SSSR count). The summed E-state index contributed by atoms with van der Waals surface area (Å²) in [5.41, 5.74) is 5.44. The summed E-state index contributed by atoms with van der Waals surface area (Å²) in [5.74, 6) is 1.21. The van der Waals surface area contributed by atoms with E-state index in [0.717, 1.165) is 18.8 Å². The molecule has 0 radical (unpaired) electrons.